The largest absolute Gasteiger partial charge is 0.351 e. The molecule has 0 bridgehead atoms. The van der Waals surface area contributed by atoms with E-state index in [4.69, 9.17) is 11.5 Å². The van der Waals surface area contributed by atoms with Crippen molar-refractivity contribution in [2.75, 3.05) is 18.5 Å². The summed E-state index contributed by atoms with van der Waals surface area (Å²) in [6.07, 6.45) is 6.02. The molecular formula is C15H23N3O. The van der Waals surface area contributed by atoms with Crippen LogP contribution in [0.1, 0.15) is 37.7 Å². The highest BCUT2D eigenvalue weighted by atomic mass is 16.2. The Balaban J connectivity index is 2.33. The Morgan fingerprint density at radius 3 is 2.58 bits per heavy atom. The van der Waals surface area contributed by atoms with Gasteiger partial charge in [0.05, 0.1) is 0 Å². The summed E-state index contributed by atoms with van der Waals surface area (Å²) >= 11 is 0. The summed E-state index contributed by atoms with van der Waals surface area (Å²) in [5, 5.41) is 0. The molecule has 4 heteroatoms. The van der Waals surface area contributed by atoms with Gasteiger partial charge in [0.1, 0.15) is 0 Å². The van der Waals surface area contributed by atoms with Crippen molar-refractivity contribution in [2.45, 2.75) is 37.5 Å². The summed E-state index contributed by atoms with van der Waals surface area (Å²) in [4.78, 5) is 12.7. The molecule has 1 aromatic rings. The summed E-state index contributed by atoms with van der Waals surface area (Å²) in [5.41, 5.74) is 13.5. The molecular weight excluding hydrogens is 238 g/mol. The normalized spacial score (nSPS) is 18.0. The molecule has 0 heterocycles. The Hall–Kier alpha value is -1.55. The lowest BCUT2D eigenvalue weighted by molar-refractivity contribution is 0.255. The van der Waals surface area contributed by atoms with Gasteiger partial charge in [-0.2, -0.15) is 0 Å². The summed E-state index contributed by atoms with van der Waals surface area (Å²) < 4.78 is 0. The average molecular weight is 261 g/mol. The Labute approximate surface area is 114 Å². The number of benzene rings is 1. The molecule has 1 fully saturated rings. The monoisotopic (exact) mass is 261 g/mol. The number of carbonyl (C=O) groups is 1. The van der Waals surface area contributed by atoms with E-state index >= 15 is 0 Å². The van der Waals surface area contributed by atoms with E-state index in [-0.39, 0.29) is 5.41 Å². The van der Waals surface area contributed by atoms with Crippen molar-refractivity contribution in [1.82, 2.24) is 0 Å². The molecule has 1 aromatic carbocycles. The number of amides is 2. The molecule has 2 amide bonds. The van der Waals surface area contributed by atoms with E-state index in [1.54, 1.807) is 7.05 Å². The van der Waals surface area contributed by atoms with Crippen molar-refractivity contribution in [3.05, 3.63) is 29.8 Å². The maximum atomic E-state index is 11.3. The third kappa shape index (κ3) is 2.73. The Bertz CT molecular complexity index is 452. The Morgan fingerprint density at radius 1 is 1.32 bits per heavy atom. The van der Waals surface area contributed by atoms with Crippen LogP contribution >= 0.6 is 0 Å². The van der Waals surface area contributed by atoms with Gasteiger partial charge in [-0.1, -0.05) is 31.4 Å². The molecule has 4 nitrogen and oxygen atoms in total. The second-order valence-electron chi connectivity index (χ2n) is 5.49. The zero-order chi connectivity index (χ0) is 13.9. The molecule has 0 spiro atoms. The predicted octanol–water partition coefficient (Wildman–Crippen LogP) is 2.36. The minimum atomic E-state index is -0.442. The number of urea groups is 1. The molecule has 0 radical (unpaired) electrons. The van der Waals surface area contributed by atoms with E-state index in [2.05, 4.69) is 12.1 Å². The Morgan fingerprint density at radius 2 is 2.00 bits per heavy atom. The van der Waals surface area contributed by atoms with Gasteiger partial charge in [-0.25, -0.2) is 4.79 Å². The van der Waals surface area contributed by atoms with Crippen LogP contribution in [0, 0.1) is 0 Å². The molecule has 0 aliphatic heterocycles. The lowest BCUT2D eigenvalue weighted by Crippen LogP contribution is -2.37. The van der Waals surface area contributed by atoms with Gasteiger partial charge in [0.15, 0.2) is 0 Å². The van der Waals surface area contributed by atoms with E-state index in [1.807, 2.05) is 12.1 Å². The first-order chi connectivity index (χ1) is 9.09. The van der Waals surface area contributed by atoms with E-state index in [0.717, 1.165) is 18.5 Å². The van der Waals surface area contributed by atoms with Gasteiger partial charge in [-0.05, 0) is 30.5 Å². The average Bonchev–Trinajstić information content (AvgIpc) is 2.47. The van der Waals surface area contributed by atoms with E-state index < -0.39 is 6.03 Å². The van der Waals surface area contributed by atoms with Crippen molar-refractivity contribution >= 4 is 11.7 Å². The minimum absolute atomic E-state index is 0.0761. The molecule has 4 N–H and O–H groups in total. The van der Waals surface area contributed by atoms with Crippen molar-refractivity contribution in [3.63, 3.8) is 0 Å². The predicted molar refractivity (Wildman–Crippen MR) is 78.2 cm³/mol. The fourth-order valence-electron chi connectivity index (χ4n) is 3.01. The maximum Gasteiger partial charge on any atom is 0.318 e. The van der Waals surface area contributed by atoms with Crippen molar-refractivity contribution < 1.29 is 4.79 Å². The van der Waals surface area contributed by atoms with Crippen LogP contribution in [0.3, 0.4) is 0 Å². The first-order valence-corrected chi connectivity index (χ1v) is 6.93. The number of rotatable bonds is 3. The highest BCUT2D eigenvalue weighted by Crippen LogP contribution is 2.39. The van der Waals surface area contributed by atoms with E-state index in [1.165, 1.54) is 29.7 Å². The van der Waals surface area contributed by atoms with Crippen LogP contribution in [0.4, 0.5) is 10.5 Å². The van der Waals surface area contributed by atoms with Gasteiger partial charge in [0, 0.05) is 24.7 Å². The second kappa shape index (κ2) is 5.61. The fourth-order valence-corrected chi connectivity index (χ4v) is 3.01. The fraction of sp³-hybridized carbons (Fsp3) is 0.533. The quantitative estimate of drug-likeness (QED) is 0.876. The number of nitrogens with two attached hydrogens (primary N) is 2. The van der Waals surface area contributed by atoms with Gasteiger partial charge in [0.2, 0.25) is 0 Å². The molecule has 19 heavy (non-hydrogen) atoms. The summed E-state index contributed by atoms with van der Waals surface area (Å²) in [6, 6.07) is 7.62. The summed E-state index contributed by atoms with van der Waals surface area (Å²) in [6.45, 7) is 0.663. The molecule has 1 aliphatic carbocycles. The minimum Gasteiger partial charge on any atom is -0.351 e. The first-order valence-electron chi connectivity index (χ1n) is 6.93. The standard InChI is InChI=1S/C15H23N3O/c1-18(14(17)19)13-7-5-6-12(10-13)15(11-16)8-3-2-4-9-15/h5-7,10H,2-4,8-9,11,16H2,1H3,(H2,17,19). The van der Waals surface area contributed by atoms with Crippen LogP contribution in [0.15, 0.2) is 24.3 Å². The van der Waals surface area contributed by atoms with Gasteiger partial charge in [-0.15, -0.1) is 0 Å². The summed E-state index contributed by atoms with van der Waals surface area (Å²) in [7, 11) is 1.69. The van der Waals surface area contributed by atoms with Crippen LogP contribution in [0.25, 0.3) is 0 Å². The topological polar surface area (TPSA) is 72.3 Å². The number of anilines is 1. The highest BCUT2D eigenvalue weighted by molar-refractivity contribution is 5.90. The Kier molecular flexibility index (Phi) is 4.10. The lowest BCUT2D eigenvalue weighted by Gasteiger charge is -2.37. The van der Waals surface area contributed by atoms with Gasteiger partial charge >= 0.3 is 6.03 Å². The highest BCUT2D eigenvalue weighted by Gasteiger charge is 2.32. The molecule has 1 aliphatic rings. The number of carbonyl (C=O) groups excluding carboxylic acids is 1. The molecule has 0 unspecified atom stereocenters. The lowest BCUT2D eigenvalue weighted by atomic mass is 9.69. The smallest absolute Gasteiger partial charge is 0.318 e. The number of hydrogen-bond acceptors (Lipinski definition) is 2. The molecule has 0 saturated heterocycles. The molecule has 104 valence electrons. The van der Waals surface area contributed by atoms with Crippen molar-refractivity contribution in [1.29, 1.82) is 0 Å². The van der Waals surface area contributed by atoms with Gasteiger partial charge < -0.3 is 11.5 Å². The maximum absolute atomic E-state index is 11.3. The molecule has 0 atom stereocenters. The van der Waals surface area contributed by atoms with E-state index in [9.17, 15) is 4.79 Å². The third-order valence-electron chi connectivity index (χ3n) is 4.38. The van der Waals surface area contributed by atoms with Crippen LogP contribution in [0.5, 0.6) is 0 Å². The van der Waals surface area contributed by atoms with E-state index in [0.29, 0.717) is 6.54 Å². The number of nitrogens with zero attached hydrogens (tertiary/aromatic N) is 1. The summed E-state index contributed by atoms with van der Waals surface area (Å²) in [5.74, 6) is 0. The van der Waals surface area contributed by atoms with Crippen LogP contribution < -0.4 is 16.4 Å². The zero-order valence-electron chi connectivity index (χ0n) is 11.6. The second-order valence-corrected chi connectivity index (χ2v) is 5.49. The molecule has 2 rings (SSSR count). The number of hydrogen-bond donors (Lipinski definition) is 2. The van der Waals surface area contributed by atoms with Gasteiger partial charge in [-0.3, -0.25) is 4.90 Å². The molecule has 0 aromatic heterocycles. The third-order valence-corrected chi connectivity index (χ3v) is 4.38. The van der Waals surface area contributed by atoms with Crippen LogP contribution in [-0.2, 0) is 5.41 Å². The van der Waals surface area contributed by atoms with Crippen LogP contribution in [0.2, 0.25) is 0 Å². The van der Waals surface area contributed by atoms with Crippen LogP contribution in [-0.4, -0.2) is 19.6 Å². The van der Waals surface area contributed by atoms with Gasteiger partial charge in [0.25, 0.3) is 0 Å². The molecule has 1 saturated carbocycles. The number of primary amides is 1. The zero-order valence-corrected chi connectivity index (χ0v) is 11.6. The SMILES string of the molecule is CN(C(N)=O)c1cccc(C2(CN)CCCCC2)c1. The first kappa shape index (κ1) is 13.9. The van der Waals surface area contributed by atoms with Crippen molar-refractivity contribution in [3.8, 4) is 0 Å². The van der Waals surface area contributed by atoms with Crippen molar-refractivity contribution in [2.24, 2.45) is 11.5 Å².